The third-order valence-corrected chi connectivity index (χ3v) is 4.86. The molecule has 154 valence electrons. The van der Waals surface area contributed by atoms with Gasteiger partial charge in [-0.05, 0) is 40.5 Å². The molecule has 3 heterocycles. The molecule has 0 aliphatic carbocycles. The van der Waals surface area contributed by atoms with Crippen molar-refractivity contribution in [3.05, 3.63) is 64.5 Å². The predicted molar refractivity (Wildman–Crippen MR) is 117 cm³/mol. The molecule has 4 aromatic rings. The first-order valence-electron chi connectivity index (χ1n) is 9.12. The normalized spacial score (nSPS) is 10.6. The zero-order valence-electron chi connectivity index (χ0n) is 16.1. The van der Waals surface area contributed by atoms with Gasteiger partial charge in [-0.15, -0.1) is 0 Å². The number of amides is 1. The molecule has 3 aromatic heterocycles. The predicted octanol–water partition coefficient (Wildman–Crippen LogP) is 4.31. The Hall–Kier alpha value is -3.46. The number of halogens is 1. The van der Waals surface area contributed by atoms with E-state index in [-0.39, 0.29) is 11.7 Å². The number of nitrogens with one attached hydrogen (secondary N) is 1. The van der Waals surface area contributed by atoms with E-state index < -0.39 is 6.09 Å². The van der Waals surface area contributed by atoms with Crippen LogP contribution in [0.5, 0.6) is 0 Å². The molecular formula is C21H19BrN4O4. The number of rotatable bonds is 4. The summed E-state index contributed by atoms with van der Waals surface area (Å²) in [5, 5.41) is 10.5. The fraction of sp³-hybridized carbons (Fsp3) is 0.143. The number of carbonyl (C=O) groups excluding carboxylic acids is 2. The molecule has 0 bridgehead atoms. The number of carbonyl (C=O) groups is 3. The number of nitrogens with two attached hydrogens (primary N) is 1. The average Bonchev–Trinajstić information content (AvgIpc) is 3.31. The van der Waals surface area contributed by atoms with Crippen LogP contribution in [0, 0.1) is 0 Å². The van der Waals surface area contributed by atoms with Crippen LogP contribution in [-0.2, 0) is 4.79 Å². The van der Waals surface area contributed by atoms with Crippen molar-refractivity contribution in [3.63, 3.8) is 0 Å². The van der Waals surface area contributed by atoms with E-state index in [1.165, 1.54) is 6.20 Å². The summed E-state index contributed by atoms with van der Waals surface area (Å²) in [6, 6.07) is 8.51. The van der Waals surface area contributed by atoms with Gasteiger partial charge >= 0.3 is 6.09 Å². The van der Waals surface area contributed by atoms with Crippen LogP contribution in [0.2, 0.25) is 0 Å². The van der Waals surface area contributed by atoms with Crippen molar-refractivity contribution >= 4 is 55.6 Å². The van der Waals surface area contributed by atoms with E-state index in [9.17, 15) is 19.5 Å². The first-order chi connectivity index (χ1) is 14.3. The number of hydrogen-bond donors (Lipinski definition) is 3. The topological polar surface area (TPSA) is 131 Å². The molecule has 8 nitrogen and oxygen atoms in total. The van der Waals surface area contributed by atoms with Gasteiger partial charge in [-0.25, -0.2) is 9.78 Å². The number of benzene rings is 1. The monoisotopic (exact) mass is 470 g/mol. The van der Waals surface area contributed by atoms with Crippen molar-refractivity contribution in [3.8, 4) is 0 Å². The Balaban J connectivity index is 0.000000377. The minimum atomic E-state index is -1.09. The van der Waals surface area contributed by atoms with Gasteiger partial charge in [0.1, 0.15) is 5.65 Å². The third-order valence-electron chi connectivity index (χ3n) is 4.42. The van der Waals surface area contributed by atoms with Crippen molar-refractivity contribution in [1.29, 1.82) is 0 Å². The highest BCUT2D eigenvalue weighted by atomic mass is 79.9. The number of primary amides is 1. The molecule has 4 N–H and O–H groups in total. The summed E-state index contributed by atoms with van der Waals surface area (Å²) in [5.74, 6) is -0.396. The zero-order chi connectivity index (χ0) is 21.8. The number of hydrogen-bond acceptors (Lipinski definition) is 4. The minimum Gasteiger partial charge on any atom is -0.464 e. The van der Waals surface area contributed by atoms with E-state index in [1.54, 1.807) is 36.7 Å². The highest BCUT2D eigenvalue weighted by molar-refractivity contribution is 9.10. The van der Waals surface area contributed by atoms with Crippen LogP contribution in [0.25, 0.3) is 21.9 Å². The zero-order valence-corrected chi connectivity index (χ0v) is 17.6. The smallest absolute Gasteiger partial charge is 0.415 e. The molecule has 1 amide bonds. The van der Waals surface area contributed by atoms with Crippen LogP contribution in [0.4, 0.5) is 4.79 Å². The average molecular weight is 471 g/mol. The second-order valence-corrected chi connectivity index (χ2v) is 7.42. The molecule has 0 aliphatic heterocycles. The summed E-state index contributed by atoms with van der Waals surface area (Å²) in [6.07, 6.45) is 5.00. The number of aromatic nitrogens is 3. The maximum absolute atomic E-state index is 13.0. The highest BCUT2D eigenvalue weighted by Gasteiger charge is 2.19. The molecule has 0 saturated carbocycles. The van der Waals surface area contributed by atoms with Gasteiger partial charge in [-0.2, -0.15) is 0 Å². The summed E-state index contributed by atoms with van der Waals surface area (Å²) in [4.78, 5) is 41.3. The van der Waals surface area contributed by atoms with Crippen LogP contribution in [0.1, 0.15) is 35.7 Å². The fourth-order valence-electron chi connectivity index (χ4n) is 3.09. The lowest BCUT2D eigenvalue weighted by molar-refractivity contribution is -0.118. The van der Waals surface area contributed by atoms with Crippen molar-refractivity contribution in [2.75, 3.05) is 0 Å². The number of carboxylic acid groups (broad SMARTS) is 1. The second-order valence-electron chi connectivity index (χ2n) is 6.50. The van der Waals surface area contributed by atoms with E-state index in [1.807, 2.05) is 13.0 Å². The van der Waals surface area contributed by atoms with E-state index in [0.29, 0.717) is 39.5 Å². The third kappa shape index (κ3) is 4.25. The molecule has 0 fully saturated rings. The van der Waals surface area contributed by atoms with Crippen molar-refractivity contribution < 1.29 is 19.5 Å². The van der Waals surface area contributed by atoms with E-state index in [4.69, 9.17) is 5.73 Å². The molecule has 1 aromatic carbocycles. The summed E-state index contributed by atoms with van der Waals surface area (Å²) in [7, 11) is 0. The summed E-state index contributed by atoms with van der Waals surface area (Å²) in [6.45, 7) is 1.92. The molecule has 4 rings (SSSR count). The molecule has 0 spiro atoms. The van der Waals surface area contributed by atoms with E-state index in [0.717, 1.165) is 15.5 Å². The Morgan fingerprint density at radius 2 is 1.97 bits per heavy atom. The Labute approximate surface area is 179 Å². The number of nitrogens with zero attached hydrogens (tertiary/aromatic N) is 2. The Morgan fingerprint density at radius 3 is 2.60 bits per heavy atom. The van der Waals surface area contributed by atoms with Crippen molar-refractivity contribution in [2.45, 2.75) is 19.8 Å². The second kappa shape index (κ2) is 8.91. The first-order valence-corrected chi connectivity index (χ1v) is 9.91. The summed E-state index contributed by atoms with van der Waals surface area (Å²) < 4.78 is 1.87. The van der Waals surface area contributed by atoms with Gasteiger partial charge in [-0.3, -0.25) is 14.2 Å². The van der Waals surface area contributed by atoms with Crippen LogP contribution < -0.4 is 5.73 Å². The quantitative estimate of drug-likeness (QED) is 0.382. The van der Waals surface area contributed by atoms with Crippen LogP contribution >= 0.6 is 15.9 Å². The van der Waals surface area contributed by atoms with Gasteiger partial charge in [-0.1, -0.05) is 19.1 Å². The number of H-pyrrole nitrogens is 1. The van der Waals surface area contributed by atoms with E-state index in [2.05, 4.69) is 25.9 Å². The minimum absolute atomic E-state index is 0.185. The molecule has 0 unspecified atom stereocenters. The maximum Gasteiger partial charge on any atom is 0.415 e. The van der Waals surface area contributed by atoms with Crippen LogP contribution in [0.3, 0.4) is 0 Å². The molecule has 0 atom stereocenters. The number of aromatic amines is 1. The Bertz CT molecular complexity index is 1260. The van der Waals surface area contributed by atoms with Crippen LogP contribution in [-0.4, -0.2) is 37.4 Å². The van der Waals surface area contributed by atoms with Gasteiger partial charge in [0.15, 0.2) is 5.78 Å². The van der Waals surface area contributed by atoms with Crippen LogP contribution in [0.15, 0.2) is 53.4 Å². The van der Waals surface area contributed by atoms with Gasteiger partial charge in [0.25, 0.3) is 0 Å². The van der Waals surface area contributed by atoms with Gasteiger partial charge < -0.3 is 15.8 Å². The standard InChI is InChI=1S/C17H10BrN3O3.C4H9NO/c18-9-6-12-13(8-20-16(12)19-7-9)15(22)11-2-1-3-14-10(11)4-5-21(14)17(23)24;1-2-3-4(5)6/h1-8H,(H,19,20)(H,23,24);2-3H2,1H3,(H2,5,6). The van der Waals surface area contributed by atoms with Crippen molar-refractivity contribution in [1.82, 2.24) is 14.5 Å². The fourth-order valence-corrected chi connectivity index (χ4v) is 3.42. The SMILES string of the molecule is CCCC(N)=O.O=C(c1c[nH]c2ncc(Br)cc12)c1cccc2c1ccn2C(=O)O. The summed E-state index contributed by atoms with van der Waals surface area (Å²) >= 11 is 3.36. The van der Waals surface area contributed by atoms with E-state index >= 15 is 0 Å². The lowest BCUT2D eigenvalue weighted by Gasteiger charge is -2.03. The van der Waals surface area contributed by atoms with Crippen molar-refractivity contribution in [2.24, 2.45) is 5.73 Å². The maximum atomic E-state index is 13.0. The molecular weight excluding hydrogens is 452 g/mol. The number of pyridine rings is 1. The van der Waals surface area contributed by atoms with Gasteiger partial charge in [0.2, 0.25) is 5.91 Å². The number of fused-ring (bicyclic) bond motifs is 2. The van der Waals surface area contributed by atoms with Gasteiger partial charge in [0, 0.05) is 51.4 Å². The molecule has 9 heteroatoms. The lowest BCUT2D eigenvalue weighted by Crippen LogP contribution is -2.08. The lowest BCUT2D eigenvalue weighted by atomic mass is 10.0. The van der Waals surface area contributed by atoms with Gasteiger partial charge in [0.05, 0.1) is 5.52 Å². The number of ketones is 1. The molecule has 30 heavy (non-hydrogen) atoms. The largest absolute Gasteiger partial charge is 0.464 e. The Kier molecular flexibility index (Phi) is 6.31. The first kappa shape index (κ1) is 21.3. The molecule has 0 saturated heterocycles. The molecule has 0 aliphatic rings. The Morgan fingerprint density at radius 1 is 1.20 bits per heavy atom. The highest BCUT2D eigenvalue weighted by Crippen LogP contribution is 2.27. The summed E-state index contributed by atoms with van der Waals surface area (Å²) in [5.41, 5.74) is 6.81. The molecule has 0 radical (unpaired) electrons.